The third kappa shape index (κ3) is 8.49. The van der Waals surface area contributed by atoms with Crippen molar-refractivity contribution >= 4 is 14.8 Å². The van der Waals surface area contributed by atoms with Gasteiger partial charge >= 0.3 is 14.8 Å². The van der Waals surface area contributed by atoms with Crippen LogP contribution < -0.4 is 10.8 Å². The van der Waals surface area contributed by atoms with E-state index in [4.69, 9.17) is 18.1 Å². The topological polar surface area (TPSA) is 78.1 Å². The predicted octanol–water partition coefficient (Wildman–Crippen LogP) is 1.68. The summed E-state index contributed by atoms with van der Waals surface area (Å²) in [7, 11) is -2.60. The van der Waals surface area contributed by atoms with Crippen molar-refractivity contribution in [3.05, 3.63) is 0 Å². The standard InChI is InChI=1S/C12H28N2O5Si/c1-5-16-14-12(15)13-10-9-11-20(17-6-2,18-7-3)19-8-4/h5-11H2,1-4H3,(H2,13,14,15). The van der Waals surface area contributed by atoms with Gasteiger partial charge in [-0.25, -0.2) is 10.3 Å². The summed E-state index contributed by atoms with van der Waals surface area (Å²) in [6.45, 7) is 10.2. The maximum absolute atomic E-state index is 11.3. The van der Waals surface area contributed by atoms with Gasteiger partial charge in [-0.15, -0.1) is 0 Å². The first-order chi connectivity index (χ1) is 9.64. The van der Waals surface area contributed by atoms with E-state index in [0.717, 1.165) is 6.42 Å². The van der Waals surface area contributed by atoms with Crippen LogP contribution in [-0.4, -0.2) is 47.8 Å². The van der Waals surface area contributed by atoms with E-state index in [9.17, 15) is 4.79 Å². The Hall–Kier alpha value is -0.673. The van der Waals surface area contributed by atoms with Gasteiger partial charge in [-0.1, -0.05) is 0 Å². The van der Waals surface area contributed by atoms with E-state index in [1.54, 1.807) is 6.92 Å². The molecule has 7 nitrogen and oxygen atoms in total. The molecule has 0 aliphatic heterocycles. The van der Waals surface area contributed by atoms with Gasteiger partial charge in [0.05, 0.1) is 6.61 Å². The predicted molar refractivity (Wildman–Crippen MR) is 78.2 cm³/mol. The number of urea groups is 1. The van der Waals surface area contributed by atoms with Crippen LogP contribution in [0, 0.1) is 0 Å². The van der Waals surface area contributed by atoms with Crippen LogP contribution in [0.1, 0.15) is 34.1 Å². The number of nitrogens with one attached hydrogen (secondary N) is 2. The highest BCUT2D eigenvalue weighted by Crippen LogP contribution is 2.17. The number of carbonyl (C=O) groups is 1. The van der Waals surface area contributed by atoms with Crippen molar-refractivity contribution in [3.8, 4) is 0 Å². The monoisotopic (exact) mass is 308 g/mol. The highest BCUT2D eigenvalue weighted by molar-refractivity contribution is 6.60. The first-order valence-corrected chi connectivity index (χ1v) is 9.14. The van der Waals surface area contributed by atoms with Crippen LogP contribution in [0.3, 0.4) is 0 Å². The van der Waals surface area contributed by atoms with E-state index in [-0.39, 0.29) is 6.03 Å². The number of hydrogen-bond acceptors (Lipinski definition) is 5. The van der Waals surface area contributed by atoms with Crippen LogP contribution in [0.15, 0.2) is 0 Å². The largest absolute Gasteiger partial charge is 0.500 e. The van der Waals surface area contributed by atoms with Crippen molar-refractivity contribution in [1.82, 2.24) is 10.8 Å². The van der Waals surface area contributed by atoms with Crippen molar-refractivity contribution < 1.29 is 22.9 Å². The second-order valence-corrected chi connectivity index (χ2v) is 6.61. The minimum absolute atomic E-state index is 0.344. The molecule has 0 bridgehead atoms. The van der Waals surface area contributed by atoms with Crippen LogP contribution in [0.5, 0.6) is 0 Å². The molecular formula is C12H28N2O5Si. The lowest BCUT2D eigenvalue weighted by Crippen LogP contribution is -2.46. The summed E-state index contributed by atoms with van der Waals surface area (Å²) in [6, 6.07) is 0.334. The minimum atomic E-state index is -2.60. The normalized spacial score (nSPS) is 11.4. The second-order valence-electron chi connectivity index (χ2n) is 3.88. The average Bonchev–Trinajstić information content (AvgIpc) is 2.42. The summed E-state index contributed by atoms with van der Waals surface area (Å²) in [4.78, 5) is 16.1. The second kappa shape index (κ2) is 12.1. The molecule has 0 aliphatic carbocycles. The van der Waals surface area contributed by atoms with Gasteiger partial charge in [0.1, 0.15) is 0 Å². The SMILES string of the molecule is CCONC(=O)NCCC[Si](OCC)(OCC)OCC. The summed E-state index contributed by atoms with van der Waals surface area (Å²) in [6.07, 6.45) is 0.728. The van der Waals surface area contributed by atoms with E-state index in [2.05, 4.69) is 10.8 Å². The molecule has 2 N–H and O–H groups in total. The van der Waals surface area contributed by atoms with E-state index in [1.165, 1.54) is 0 Å². The molecule has 0 atom stereocenters. The fraction of sp³-hybridized carbons (Fsp3) is 0.917. The third-order valence-corrected chi connectivity index (χ3v) is 5.50. The van der Waals surface area contributed by atoms with Crippen molar-refractivity contribution in [2.45, 2.75) is 40.2 Å². The van der Waals surface area contributed by atoms with Crippen molar-refractivity contribution in [2.24, 2.45) is 0 Å². The molecule has 120 valence electrons. The van der Waals surface area contributed by atoms with Crippen molar-refractivity contribution in [2.75, 3.05) is 33.0 Å². The van der Waals surface area contributed by atoms with Crippen LogP contribution in [0.2, 0.25) is 6.04 Å². The molecule has 0 aromatic rings. The Morgan fingerprint density at radius 3 is 1.95 bits per heavy atom. The fourth-order valence-electron chi connectivity index (χ4n) is 1.68. The lowest BCUT2D eigenvalue weighted by atomic mass is 10.5. The number of amides is 2. The Bertz CT molecular complexity index is 239. The van der Waals surface area contributed by atoms with E-state index >= 15 is 0 Å². The summed E-state index contributed by atoms with van der Waals surface area (Å²) in [5, 5.41) is 2.70. The molecule has 0 saturated carbocycles. The Balaban J connectivity index is 4.08. The fourth-order valence-corrected chi connectivity index (χ4v) is 4.29. The summed E-state index contributed by atoms with van der Waals surface area (Å²) in [5.41, 5.74) is 2.27. The third-order valence-electron chi connectivity index (χ3n) is 2.35. The molecular weight excluding hydrogens is 280 g/mol. The molecule has 0 aromatic heterocycles. The molecule has 0 aliphatic rings. The first-order valence-electron chi connectivity index (χ1n) is 7.21. The molecule has 0 fully saturated rings. The average molecular weight is 308 g/mol. The van der Waals surface area contributed by atoms with E-state index in [1.807, 2.05) is 20.8 Å². The van der Waals surface area contributed by atoms with Gasteiger partial charge in [0.25, 0.3) is 0 Å². The lowest BCUT2D eigenvalue weighted by Gasteiger charge is -2.28. The zero-order chi connectivity index (χ0) is 15.3. The lowest BCUT2D eigenvalue weighted by molar-refractivity contribution is 0.0685. The van der Waals surface area contributed by atoms with Gasteiger partial charge < -0.3 is 18.6 Å². The van der Waals surface area contributed by atoms with Gasteiger partial charge in [0.2, 0.25) is 0 Å². The molecule has 0 aromatic carbocycles. The Morgan fingerprint density at radius 2 is 1.50 bits per heavy atom. The molecule has 0 unspecified atom stereocenters. The quantitative estimate of drug-likeness (QED) is 0.326. The number of hydroxylamine groups is 1. The molecule has 20 heavy (non-hydrogen) atoms. The summed E-state index contributed by atoms with van der Waals surface area (Å²) >= 11 is 0. The first kappa shape index (κ1) is 19.3. The minimum Gasteiger partial charge on any atom is -0.374 e. The maximum atomic E-state index is 11.3. The number of hydrogen-bond donors (Lipinski definition) is 2. The molecule has 8 heteroatoms. The molecule has 0 spiro atoms. The molecule has 0 saturated heterocycles. The van der Waals surface area contributed by atoms with Crippen LogP contribution in [0.25, 0.3) is 0 Å². The van der Waals surface area contributed by atoms with Gasteiger partial charge in [-0.2, -0.15) is 0 Å². The smallest absolute Gasteiger partial charge is 0.374 e. The van der Waals surface area contributed by atoms with Crippen LogP contribution in [-0.2, 0) is 18.1 Å². The molecule has 0 heterocycles. The van der Waals surface area contributed by atoms with Crippen LogP contribution >= 0.6 is 0 Å². The maximum Gasteiger partial charge on any atom is 0.500 e. The van der Waals surface area contributed by atoms with Crippen LogP contribution in [0.4, 0.5) is 4.79 Å². The number of carbonyl (C=O) groups excluding carboxylic acids is 1. The Kier molecular flexibility index (Phi) is 11.7. The highest BCUT2D eigenvalue weighted by atomic mass is 28.4. The summed E-state index contributed by atoms with van der Waals surface area (Å²) in [5.74, 6) is 0. The number of rotatable bonds is 12. The summed E-state index contributed by atoms with van der Waals surface area (Å²) < 4.78 is 17.2. The van der Waals surface area contributed by atoms with Crippen molar-refractivity contribution in [1.29, 1.82) is 0 Å². The Labute approximate surface area is 122 Å². The highest BCUT2D eigenvalue weighted by Gasteiger charge is 2.39. The Morgan fingerprint density at radius 1 is 0.950 bits per heavy atom. The molecule has 0 radical (unpaired) electrons. The van der Waals surface area contributed by atoms with E-state index in [0.29, 0.717) is 39.0 Å². The molecule has 0 rings (SSSR count). The van der Waals surface area contributed by atoms with E-state index < -0.39 is 8.80 Å². The zero-order valence-corrected chi connectivity index (χ0v) is 14.0. The van der Waals surface area contributed by atoms with Gasteiger partial charge in [0.15, 0.2) is 0 Å². The molecule has 2 amide bonds. The van der Waals surface area contributed by atoms with Crippen molar-refractivity contribution in [3.63, 3.8) is 0 Å². The van der Waals surface area contributed by atoms with Gasteiger partial charge in [-0.3, -0.25) is 4.84 Å². The van der Waals surface area contributed by atoms with Gasteiger partial charge in [-0.05, 0) is 34.1 Å². The zero-order valence-electron chi connectivity index (χ0n) is 13.0. The van der Waals surface area contributed by atoms with Gasteiger partial charge in [0, 0.05) is 32.4 Å².